The molecule has 3 heterocycles. The standard InChI is InChI=1S/C21H24N4O2/c1-14-12-22-11-10-18(14)23-21(26)17-13-25(16-6-4-3-5-7-16)24-20(17)19-9-8-15(2)27-19/h3-9,13-14,18,22H,10-12H2,1-2H3,(H,23,26). The number of aromatic nitrogens is 2. The van der Waals surface area contributed by atoms with Crippen molar-refractivity contribution < 1.29 is 9.21 Å². The van der Waals surface area contributed by atoms with Crippen LogP contribution in [0.1, 0.15) is 29.5 Å². The SMILES string of the molecule is Cc1ccc(-c2nn(-c3ccccc3)cc2C(=O)NC2CCNCC2C)o1. The van der Waals surface area contributed by atoms with E-state index in [4.69, 9.17) is 4.42 Å². The van der Waals surface area contributed by atoms with Crippen molar-refractivity contribution in [2.45, 2.75) is 26.3 Å². The first-order valence-corrected chi connectivity index (χ1v) is 9.35. The van der Waals surface area contributed by atoms with Crippen molar-refractivity contribution in [3.8, 4) is 17.1 Å². The highest BCUT2D eigenvalue weighted by molar-refractivity contribution is 5.99. The van der Waals surface area contributed by atoms with E-state index in [0.29, 0.717) is 22.9 Å². The van der Waals surface area contributed by atoms with Crippen molar-refractivity contribution in [3.05, 3.63) is 60.0 Å². The Morgan fingerprint density at radius 2 is 2.07 bits per heavy atom. The summed E-state index contributed by atoms with van der Waals surface area (Å²) in [6, 6.07) is 13.7. The lowest BCUT2D eigenvalue weighted by atomic mass is 9.95. The zero-order chi connectivity index (χ0) is 18.8. The molecule has 1 saturated heterocycles. The Morgan fingerprint density at radius 1 is 1.26 bits per heavy atom. The molecule has 2 atom stereocenters. The fraction of sp³-hybridized carbons (Fsp3) is 0.333. The number of carbonyl (C=O) groups excluding carboxylic acids is 1. The van der Waals surface area contributed by atoms with Gasteiger partial charge in [-0.3, -0.25) is 4.79 Å². The Morgan fingerprint density at radius 3 is 2.78 bits per heavy atom. The first-order chi connectivity index (χ1) is 13.1. The van der Waals surface area contributed by atoms with E-state index in [-0.39, 0.29) is 11.9 Å². The van der Waals surface area contributed by atoms with E-state index in [2.05, 4.69) is 22.7 Å². The van der Waals surface area contributed by atoms with Crippen LogP contribution in [-0.2, 0) is 0 Å². The maximum Gasteiger partial charge on any atom is 0.255 e. The summed E-state index contributed by atoms with van der Waals surface area (Å²) in [6.07, 6.45) is 2.71. The zero-order valence-corrected chi connectivity index (χ0v) is 15.6. The zero-order valence-electron chi connectivity index (χ0n) is 15.6. The summed E-state index contributed by atoms with van der Waals surface area (Å²) in [7, 11) is 0. The van der Waals surface area contributed by atoms with E-state index in [9.17, 15) is 4.79 Å². The largest absolute Gasteiger partial charge is 0.460 e. The number of aryl methyl sites for hydroxylation is 1. The van der Waals surface area contributed by atoms with Gasteiger partial charge in [-0.05, 0) is 56.6 Å². The summed E-state index contributed by atoms with van der Waals surface area (Å²) in [4.78, 5) is 13.1. The molecule has 1 aliphatic rings. The maximum atomic E-state index is 13.1. The molecule has 2 aromatic heterocycles. The lowest BCUT2D eigenvalue weighted by Gasteiger charge is -2.30. The topological polar surface area (TPSA) is 72.1 Å². The van der Waals surface area contributed by atoms with Crippen LogP contribution < -0.4 is 10.6 Å². The molecule has 1 aliphatic heterocycles. The molecule has 1 fully saturated rings. The number of furan rings is 1. The minimum Gasteiger partial charge on any atom is -0.460 e. The molecular formula is C21H24N4O2. The van der Waals surface area contributed by atoms with Gasteiger partial charge >= 0.3 is 0 Å². The maximum absolute atomic E-state index is 13.1. The number of amides is 1. The molecule has 140 valence electrons. The molecule has 0 spiro atoms. The van der Waals surface area contributed by atoms with Crippen molar-refractivity contribution in [2.75, 3.05) is 13.1 Å². The first-order valence-electron chi connectivity index (χ1n) is 9.35. The predicted molar refractivity (Wildman–Crippen MR) is 104 cm³/mol. The van der Waals surface area contributed by atoms with Crippen LogP contribution in [0.5, 0.6) is 0 Å². The molecule has 0 radical (unpaired) electrons. The molecule has 0 aliphatic carbocycles. The second kappa shape index (κ2) is 7.40. The Hall–Kier alpha value is -2.86. The van der Waals surface area contributed by atoms with Crippen molar-refractivity contribution in [1.29, 1.82) is 0 Å². The third-order valence-corrected chi connectivity index (χ3v) is 5.06. The Balaban J connectivity index is 1.69. The summed E-state index contributed by atoms with van der Waals surface area (Å²) < 4.78 is 7.48. The smallest absolute Gasteiger partial charge is 0.255 e. The van der Waals surface area contributed by atoms with Crippen LogP contribution in [0.4, 0.5) is 0 Å². The number of piperidine rings is 1. The number of hydrogen-bond acceptors (Lipinski definition) is 4. The molecule has 1 aromatic carbocycles. The second-order valence-corrected chi connectivity index (χ2v) is 7.13. The van der Waals surface area contributed by atoms with Gasteiger partial charge in [0.1, 0.15) is 11.5 Å². The number of hydrogen-bond donors (Lipinski definition) is 2. The average Bonchev–Trinajstić information content (AvgIpc) is 3.31. The molecule has 1 amide bonds. The monoisotopic (exact) mass is 364 g/mol. The van der Waals surface area contributed by atoms with Crippen LogP contribution in [0.15, 0.2) is 53.1 Å². The number of para-hydroxylation sites is 1. The molecule has 2 unspecified atom stereocenters. The van der Waals surface area contributed by atoms with Crippen molar-refractivity contribution >= 4 is 5.91 Å². The highest BCUT2D eigenvalue weighted by Crippen LogP contribution is 2.26. The Labute approximate surface area is 158 Å². The van der Waals surface area contributed by atoms with E-state index >= 15 is 0 Å². The van der Waals surface area contributed by atoms with Crippen LogP contribution in [0.3, 0.4) is 0 Å². The van der Waals surface area contributed by atoms with E-state index in [1.165, 1.54) is 0 Å². The summed E-state index contributed by atoms with van der Waals surface area (Å²) in [5.41, 5.74) is 1.99. The number of carbonyl (C=O) groups is 1. The van der Waals surface area contributed by atoms with E-state index in [1.54, 1.807) is 10.9 Å². The van der Waals surface area contributed by atoms with Crippen LogP contribution in [0.25, 0.3) is 17.1 Å². The van der Waals surface area contributed by atoms with Gasteiger partial charge < -0.3 is 15.1 Å². The van der Waals surface area contributed by atoms with Gasteiger partial charge in [-0.15, -0.1) is 0 Å². The van der Waals surface area contributed by atoms with Gasteiger partial charge in [0, 0.05) is 12.2 Å². The molecule has 0 saturated carbocycles. The molecule has 0 bridgehead atoms. The van der Waals surface area contributed by atoms with Crippen molar-refractivity contribution in [2.24, 2.45) is 5.92 Å². The third kappa shape index (κ3) is 3.66. The molecule has 2 N–H and O–H groups in total. The Bertz CT molecular complexity index is 929. The minimum absolute atomic E-state index is 0.111. The van der Waals surface area contributed by atoms with Gasteiger partial charge in [0.2, 0.25) is 0 Å². The van der Waals surface area contributed by atoms with Crippen molar-refractivity contribution in [3.63, 3.8) is 0 Å². The molecule has 3 aromatic rings. The number of benzene rings is 1. The third-order valence-electron chi connectivity index (χ3n) is 5.06. The molecule has 4 rings (SSSR count). The van der Waals surface area contributed by atoms with Gasteiger partial charge in [-0.25, -0.2) is 4.68 Å². The Kier molecular flexibility index (Phi) is 4.81. The fourth-order valence-electron chi connectivity index (χ4n) is 3.47. The molecule has 6 nitrogen and oxygen atoms in total. The van der Waals surface area contributed by atoms with Crippen LogP contribution >= 0.6 is 0 Å². The summed E-state index contributed by atoms with van der Waals surface area (Å²) in [5, 5.41) is 11.2. The highest BCUT2D eigenvalue weighted by Gasteiger charge is 2.26. The predicted octanol–water partition coefficient (Wildman–Crippen LogP) is 3.17. The van der Waals surface area contributed by atoms with Crippen LogP contribution in [-0.4, -0.2) is 34.8 Å². The summed E-state index contributed by atoms with van der Waals surface area (Å²) in [5.74, 6) is 1.67. The molecule has 27 heavy (non-hydrogen) atoms. The quantitative estimate of drug-likeness (QED) is 0.746. The van der Waals surface area contributed by atoms with Gasteiger partial charge in [0.15, 0.2) is 5.76 Å². The normalized spacial score (nSPS) is 19.8. The average molecular weight is 364 g/mol. The summed E-state index contributed by atoms with van der Waals surface area (Å²) >= 11 is 0. The number of nitrogens with zero attached hydrogens (tertiary/aromatic N) is 2. The van der Waals surface area contributed by atoms with Crippen LogP contribution in [0, 0.1) is 12.8 Å². The van der Waals surface area contributed by atoms with E-state index < -0.39 is 0 Å². The van der Waals surface area contributed by atoms with Crippen molar-refractivity contribution in [1.82, 2.24) is 20.4 Å². The highest BCUT2D eigenvalue weighted by atomic mass is 16.3. The van der Waals surface area contributed by atoms with Gasteiger partial charge in [-0.2, -0.15) is 5.10 Å². The minimum atomic E-state index is -0.111. The lowest BCUT2D eigenvalue weighted by Crippen LogP contribution is -2.48. The number of rotatable bonds is 4. The summed E-state index contributed by atoms with van der Waals surface area (Å²) in [6.45, 7) is 5.87. The van der Waals surface area contributed by atoms with E-state index in [0.717, 1.165) is 31.0 Å². The van der Waals surface area contributed by atoms with E-state index in [1.807, 2.05) is 49.4 Å². The second-order valence-electron chi connectivity index (χ2n) is 7.13. The fourth-order valence-corrected chi connectivity index (χ4v) is 3.47. The molecule has 6 heteroatoms. The first kappa shape index (κ1) is 17.5. The lowest BCUT2D eigenvalue weighted by molar-refractivity contribution is 0.0914. The van der Waals surface area contributed by atoms with Gasteiger partial charge in [-0.1, -0.05) is 25.1 Å². The number of nitrogens with one attached hydrogen (secondary N) is 2. The molecular weight excluding hydrogens is 340 g/mol. The van der Waals surface area contributed by atoms with Gasteiger partial charge in [0.05, 0.1) is 11.3 Å². The van der Waals surface area contributed by atoms with Crippen LogP contribution in [0.2, 0.25) is 0 Å². The van der Waals surface area contributed by atoms with Gasteiger partial charge in [0.25, 0.3) is 5.91 Å².